The number of hydrogen-bond donors (Lipinski definition) is 2. The molecule has 0 fully saturated rings. The number of aromatic amines is 1. The molecule has 7 nitrogen and oxygen atoms in total. The Morgan fingerprint density at radius 1 is 1.33 bits per heavy atom. The van der Waals surface area contributed by atoms with E-state index in [0.29, 0.717) is 17.8 Å². The second-order valence-electron chi connectivity index (χ2n) is 6.07. The van der Waals surface area contributed by atoms with Gasteiger partial charge in [-0.25, -0.2) is 27.7 Å². The number of fused-ring (bicyclic) bond motifs is 1. The van der Waals surface area contributed by atoms with E-state index in [1.807, 2.05) is 0 Å². The molecule has 1 aromatic heterocycles. The number of hydrogen-bond acceptors (Lipinski definition) is 4. The molecule has 1 aliphatic rings. The molecule has 2 aromatic rings. The van der Waals surface area contributed by atoms with E-state index in [0.717, 1.165) is 12.1 Å². The van der Waals surface area contributed by atoms with Crippen LogP contribution in [0, 0.1) is 17.5 Å². The second-order valence-corrected chi connectivity index (χ2v) is 6.07. The average Bonchev–Trinajstić information content (AvgIpc) is 3.13. The number of imidazole rings is 1. The third-order valence-electron chi connectivity index (χ3n) is 4.44. The van der Waals surface area contributed by atoms with Crippen molar-refractivity contribution in [2.45, 2.75) is 25.4 Å². The zero-order valence-electron chi connectivity index (χ0n) is 14.6. The van der Waals surface area contributed by atoms with Gasteiger partial charge in [-0.05, 0) is 13.0 Å². The summed E-state index contributed by atoms with van der Waals surface area (Å²) in [6.07, 6.45) is 1.78. The van der Waals surface area contributed by atoms with Crippen molar-refractivity contribution < 1.29 is 27.5 Å². The number of ether oxygens (including phenoxy) is 1. The van der Waals surface area contributed by atoms with Crippen LogP contribution in [0.4, 0.5) is 18.0 Å². The first-order chi connectivity index (χ1) is 12.8. The van der Waals surface area contributed by atoms with E-state index < -0.39 is 41.5 Å². The summed E-state index contributed by atoms with van der Waals surface area (Å²) in [4.78, 5) is 32.5. The quantitative estimate of drug-likeness (QED) is 0.628. The van der Waals surface area contributed by atoms with Crippen molar-refractivity contribution in [3.63, 3.8) is 0 Å². The second kappa shape index (κ2) is 7.29. The molecule has 0 radical (unpaired) electrons. The minimum atomic E-state index is -1.63. The third-order valence-corrected chi connectivity index (χ3v) is 4.44. The molecule has 2 atom stereocenters. The number of carbonyl (C=O) groups is 2. The van der Waals surface area contributed by atoms with Gasteiger partial charge in [-0.3, -0.25) is 0 Å². The van der Waals surface area contributed by atoms with Gasteiger partial charge in [-0.1, -0.05) is 6.07 Å². The Balaban J connectivity index is 2.00. The largest absolute Gasteiger partial charge is 0.467 e. The van der Waals surface area contributed by atoms with Gasteiger partial charge in [-0.15, -0.1) is 0 Å². The predicted octanol–water partition coefficient (Wildman–Crippen LogP) is 2.05. The number of aromatic nitrogens is 2. The highest BCUT2D eigenvalue weighted by molar-refractivity contribution is 5.83. The van der Waals surface area contributed by atoms with Crippen molar-refractivity contribution in [1.29, 1.82) is 0 Å². The molecule has 144 valence electrons. The lowest BCUT2D eigenvalue weighted by atomic mass is 9.95. The van der Waals surface area contributed by atoms with Gasteiger partial charge in [0.25, 0.3) is 0 Å². The summed E-state index contributed by atoms with van der Waals surface area (Å²) >= 11 is 0. The molecule has 1 aromatic carbocycles. The van der Waals surface area contributed by atoms with Gasteiger partial charge in [0.15, 0.2) is 17.5 Å². The molecule has 1 aliphatic heterocycles. The van der Waals surface area contributed by atoms with Crippen molar-refractivity contribution in [1.82, 2.24) is 20.2 Å². The van der Waals surface area contributed by atoms with Crippen molar-refractivity contribution in [3.05, 3.63) is 52.9 Å². The van der Waals surface area contributed by atoms with Crippen LogP contribution < -0.4 is 5.32 Å². The lowest BCUT2D eigenvalue weighted by Crippen LogP contribution is -2.50. The molecular formula is C17H17F3N4O3. The van der Waals surface area contributed by atoms with Crippen LogP contribution in [0.3, 0.4) is 0 Å². The summed E-state index contributed by atoms with van der Waals surface area (Å²) in [5.74, 6) is -5.01. The lowest BCUT2D eigenvalue weighted by molar-refractivity contribution is -0.142. The molecule has 0 saturated heterocycles. The van der Waals surface area contributed by atoms with E-state index in [1.54, 1.807) is 0 Å². The van der Waals surface area contributed by atoms with E-state index in [4.69, 9.17) is 0 Å². The SMILES string of the molecule is COC(=O)[C@@H](C)NC(=O)N1CCc2[nH]cnc2[C@H]1c1ccc(F)c(F)c1F. The van der Waals surface area contributed by atoms with E-state index >= 15 is 0 Å². The number of nitrogens with zero attached hydrogens (tertiary/aromatic N) is 2. The molecule has 0 bridgehead atoms. The zero-order valence-corrected chi connectivity index (χ0v) is 14.6. The van der Waals surface area contributed by atoms with Crippen LogP contribution in [-0.2, 0) is 16.0 Å². The van der Waals surface area contributed by atoms with Crippen molar-refractivity contribution >= 4 is 12.0 Å². The minimum absolute atomic E-state index is 0.151. The van der Waals surface area contributed by atoms with E-state index in [9.17, 15) is 22.8 Å². The monoisotopic (exact) mass is 382 g/mol. The number of methoxy groups -OCH3 is 1. The van der Waals surface area contributed by atoms with Gasteiger partial charge in [0.05, 0.1) is 19.1 Å². The number of H-pyrrole nitrogens is 1. The molecule has 0 spiro atoms. The first-order valence-corrected chi connectivity index (χ1v) is 8.15. The molecule has 3 rings (SSSR count). The molecule has 0 aliphatic carbocycles. The number of amides is 2. The van der Waals surface area contributed by atoms with Crippen LogP contribution in [0.5, 0.6) is 0 Å². The number of carbonyl (C=O) groups excluding carboxylic acids is 2. The number of rotatable bonds is 3. The molecule has 2 amide bonds. The highest BCUT2D eigenvalue weighted by Gasteiger charge is 2.37. The van der Waals surface area contributed by atoms with Crippen molar-refractivity contribution in [2.75, 3.05) is 13.7 Å². The Kier molecular flexibility index (Phi) is 5.06. The smallest absolute Gasteiger partial charge is 0.328 e. The molecule has 0 saturated carbocycles. The van der Waals surface area contributed by atoms with Gasteiger partial charge in [0, 0.05) is 24.2 Å². The Bertz CT molecular complexity index is 886. The maximum absolute atomic E-state index is 14.4. The first-order valence-electron chi connectivity index (χ1n) is 8.15. The van der Waals surface area contributed by atoms with Crippen LogP contribution in [0.15, 0.2) is 18.5 Å². The summed E-state index contributed by atoms with van der Waals surface area (Å²) in [5, 5.41) is 2.45. The van der Waals surface area contributed by atoms with Gasteiger partial charge in [0.1, 0.15) is 12.1 Å². The standard InChI is InChI=1S/C17H17F3N4O3/c1-8(16(25)27-2)23-17(26)24-6-5-11-14(22-7-21-11)15(24)9-3-4-10(18)13(20)12(9)19/h3-4,7-8,15H,5-6H2,1-2H3,(H,21,22)(H,23,26)/t8-,15-/m1/s1. The summed E-state index contributed by atoms with van der Waals surface area (Å²) in [5.41, 5.74) is 0.754. The molecule has 2 heterocycles. The van der Waals surface area contributed by atoms with Crippen LogP contribution in [0.1, 0.15) is 29.9 Å². The summed E-state index contributed by atoms with van der Waals surface area (Å²) < 4.78 is 46.1. The highest BCUT2D eigenvalue weighted by atomic mass is 19.2. The summed E-state index contributed by atoms with van der Waals surface area (Å²) in [7, 11) is 1.18. The lowest BCUT2D eigenvalue weighted by Gasteiger charge is -2.35. The maximum Gasteiger partial charge on any atom is 0.328 e. The number of esters is 1. The highest BCUT2D eigenvalue weighted by Crippen LogP contribution is 2.35. The number of urea groups is 1. The third kappa shape index (κ3) is 3.34. The van der Waals surface area contributed by atoms with Crippen LogP contribution in [0.2, 0.25) is 0 Å². The minimum Gasteiger partial charge on any atom is -0.467 e. The molecule has 27 heavy (non-hydrogen) atoms. The molecule has 10 heteroatoms. The van der Waals surface area contributed by atoms with Gasteiger partial charge < -0.3 is 19.9 Å². The Hall–Kier alpha value is -3.04. The van der Waals surface area contributed by atoms with Crippen LogP contribution in [-0.4, -0.2) is 46.6 Å². The predicted molar refractivity (Wildman–Crippen MR) is 87.2 cm³/mol. The van der Waals surface area contributed by atoms with Gasteiger partial charge in [-0.2, -0.15) is 0 Å². The van der Waals surface area contributed by atoms with E-state index in [-0.39, 0.29) is 12.1 Å². The zero-order chi connectivity index (χ0) is 19.7. The Labute approximate surface area is 152 Å². The fourth-order valence-corrected chi connectivity index (χ4v) is 3.07. The van der Waals surface area contributed by atoms with Gasteiger partial charge >= 0.3 is 12.0 Å². The Morgan fingerprint density at radius 2 is 2.07 bits per heavy atom. The molecule has 0 unspecified atom stereocenters. The summed E-state index contributed by atoms with van der Waals surface area (Å²) in [6, 6.07) is -0.845. The maximum atomic E-state index is 14.4. The average molecular weight is 382 g/mol. The topological polar surface area (TPSA) is 87.3 Å². The number of nitrogens with one attached hydrogen (secondary N) is 2. The first kappa shape index (κ1) is 18.7. The van der Waals surface area contributed by atoms with E-state index in [1.165, 1.54) is 25.3 Å². The van der Waals surface area contributed by atoms with Crippen molar-refractivity contribution in [2.24, 2.45) is 0 Å². The molecular weight excluding hydrogens is 365 g/mol. The van der Waals surface area contributed by atoms with Crippen LogP contribution in [0.25, 0.3) is 0 Å². The number of benzene rings is 1. The van der Waals surface area contributed by atoms with Crippen molar-refractivity contribution in [3.8, 4) is 0 Å². The number of halogens is 3. The van der Waals surface area contributed by atoms with Gasteiger partial charge in [0.2, 0.25) is 0 Å². The van der Waals surface area contributed by atoms with Crippen LogP contribution >= 0.6 is 0 Å². The molecule has 2 N–H and O–H groups in total. The normalized spacial score (nSPS) is 17.2. The Morgan fingerprint density at radius 3 is 2.78 bits per heavy atom. The van der Waals surface area contributed by atoms with E-state index in [2.05, 4.69) is 20.0 Å². The fourth-order valence-electron chi connectivity index (χ4n) is 3.07. The summed E-state index contributed by atoms with van der Waals surface area (Å²) in [6.45, 7) is 1.58. The fraction of sp³-hybridized carbons (Fsp3) is 0.353.